The number of hydrogen-bond donors (Lipinski definition) is 2. The average Bonchev–Trinajstić information content (AvgIpc) is 2.92. The number of hydrogen-bond acceptors (Lipinski definition) is 7. The molecule has 2 N–H and O–H groups in total. The molecule has 0 aliphatic carbocycles. The van der Waals surface area contributed by atoms with E-state index in [2.05, 4.69) is 25.6 Å². The van der Waals surface area contributed by atoms with Crippen molar-refractivity contribution in [2.75, 3.05) is 30.8 Å². The van der Waals surface area contributed by atoms with Gasteiger partial charge in [-0.15, -0.1) is 0 Å². The highest BCUT2D eigenvalue weighted by Crippen LogP contribution is 2.11. The first kappa shape index (κ1) is 13.1. The molecule has 0 saturated carbocycles. The van der Waals surface area contributed by atoms with Gasteiger partial charge in [0.25, 0.3) is 0 Å². The maximum atomic E-state index is 5.28. The van der Waals surface area contributed by atoms with Crippen LogP contribution in [0.4, 0.5) is 11.9 Å². The number of aromatic nitrogens is 3. The third-order valence-corrected chi connectivity index (χ3v) is 2.35. The second kappa shape index (κ2) is 6.58. The summed E-state index contributed by atoms with van der Waals surface area (Å²) in [4.78, 5) is 12.4. The zero-order valence-electron chi connectivity index (χ0n) is 11.0. The van der Waals surface area contributed by atoms with E-state index in [9.17, 15) is 0 Å². The lowest BCUT2D eigenvalue weighted by atomic mass is 10.3. The fourth-order valence-corrected chi connectivity index (χ4v) is 1.49. The number of furan rings is 1. The minimum Gasteiger partial charge on any atom is -0.469 e. The second-order valence-electron chi connectivity index (χ2n) is 3.70. The Morgan fingerprint density at radius 2 is 2.11 bits per heavy atom. The fourth-order valence-electron chi connectivity index (χ4n) is 1.49. The molecule has 0 saturated heterocycles. The largest absolute Gasteiger partial charge is 0.469 e. The molecule has 0 aliphatic heterocycles. The summed E-state index contributed by atoms with van der Waals surface area (Å²) < 4.78 is 10.5. The fraction of sp³-hybridized carbons (Fsp3) is 0.417. The third-order valence-electron chi connectivity index (χ3n) is 2.35. The third kappa shape index (κ3) is 3.84. The van der Waals surface area contributed by atoms with E-state index < -0.39 is 0 Å². The van der Waals surface area contributed by atoms with Gasteiger partial charge in [-0.3, -0.25) is 0 Å². The van der Waals surface area contributed by atoms with Gasteiger partial charge in [0.15, 0.2) is 0 Å². The maximum Gasteiger partial charge on any atom is 0.323 e. The van der Waals surface area contributed by atoms with Crippen LogP contribution in [0, 0.1) is 0 Å². The highest BCUT2D eigenvalue weighted by molar-refractivity contribution is 5.35. The zero-order chi connectivity index (χ0) is 13.5. The molecule has 0 atom stereocenters. The van der Waals surface area contributed by atoms with Crippen LogP contribution in [-0.2, 0) is 6.42 Å². The number of nitrogens with one attached hydrogen (secondary N) is 2. The van der Waals surface area contributed by atoms with Crippen molar-refractivity contribution in [2.24, 2.45) is 0 Å². The Bertz CT molecular complexity index is 501. The number of rotatable bonds is 7. The van der Waals surface area contributed by atoms with Gasteiger partial charge < -0.3 is 19.8 Å². The lowest BCUT2D eigenvalue weighted by Gasteiger charge is -2.07. The Balaban J connectivity index is 1.96. The Kier molecular flexibility index (Phi) is 4.54. The van der Waals surface area contributed by atoms with Gasteiger partial charge in [0, 0.05) is 20.0 Å². The monoisotopic (exact) mass is 263 g/mol. The van der Waals surface area contributed by atoms with Gasteiger partial charge in [0.1, 0.15) is 5.76 Å². The van der Waals surface area contributed by atoms with Crippen molar-refractivity contribution in [3.63, 3.8) is 0 Å². The van der Waals surface area contributed by atoms with Crippen molar-refractivity contribution in [1.29, 1.82) is 0 Å². The highest BCUT2D eigenvalue weighted by atomic mass is 16.5. The van der Waals surface area contributed by atoms with E-state index in [0.29, 0.717) is 31.1 Å². The molecule has 2 rings (SSSR count). The summed E-state index contributed by atoms with van der Waals surface area (Å²) in [5, 5.41) is 5.98. The molecule has 0 fully saturated rings. The lowest BCUT2D eigenvalue weighted by Crippen LogP contribution is -2.11. The lowest BCUT2D eigenvalue weighted by molar-refractivity contribution is 0.312. The Labute approximate surface area is 111 Å². The van der Waals surface area contributed by atoms with E-state index in [1.54, 1.807) is 13.3 Å². The molecule has 2 aromatic rings. The first-order valence-corrected chi connectivity index (χ1v) is 6.14. The van der Waals surface area contributed by atoms with Gasteiger partial charge in [0.05, 0.1) is 12.9 Å². The smallest absolute Gasteiger partial charge is 0.323 e. The summed E-state index contributed by atoms with van der Waals surface area (Å²) in [5.74, 6) is 1.87. The predicted octanol–water partition coefficient (Wildman–Crippen LogP) is 1.56. The minimum atomic E-state index is 0.308. The summed E-state index contributed by atoms with van der Waals surface area (Å²) in [5.41, 5.74) is 0. The van der Waals surface area contributed by atoms with E-state index in [0.717, 1.165) is 12.2 Å². The summed E-state index contributed by atoms with van der Waals surface area (Å²) in [6.07, 6.45) is 2.42. The van der Waals surface area contributed by atoms with Crippen LogP contribution in [0.15, 0.2) is 22.8 Å². The van der Waals surface area contributed by atoms with Crippen molar-refractivity contribution in [3.05, 3.63) is 24.2 Å². The van der Waals surface area contributed by atoms with Crippen LogP contribution in [0.1, 0.15) is 12.7 Å². The predicted molar refractivity (Wildman–Crippen MR) is 71.4 cm³/mol. The van der Waals surface area contributed by atoms with Crippen LogP contribution in [0.2, 0.25) is 0 Å². The topological polar surface area (TPSA) is 85.1 Å². The van der Waals surface area contributed by atoms with Gasteiger partial charge in [-0.1, -0.05) is 0 Å². The molecule has 19 heavy (non-hydrogen) atoms. The van der Waals surface area contributed by atoms with E-state index >= 15 is 0 Å². The van der Waals surface area contributed by atoms with Crippen LogP contribution in [0.5, 0.6) is 6.01 Å². The molecule has 0 radical (unpaired) electrons. The molecule has 2 heterocycles. The van der Waals surface area contributed by atoms with E-state index in [1.165, 1.54) is 0 Å². The van der Waals surface area contributed by atoms with Gasteiger partial charge in [-0.25, -0.2) is 0 Å². The molecular weight excluding hydrogens is 246 g/mol. The number of nitrogens with zero attached hydrogens (tertiary/aromatic N) is 3. The second-order valence-corrected chi connectivity index (χ2v) is 3.70. The highest BCUT2D eigenvalue weighted by Gasteiger charge is 2.06. The maximum absolute atomic E-state index is 5.28. The van der Waals surface area contributed by atoms with Gasteiger partial charge >= 0.3 is 6.01 Å². The molecule has 0 amide bonds. The first-order valence-electron chi connectivity index (χ1n) is 6.14. The normalized spacial score (nSPS) is 10.2. The molecule has 0 bridgehead atoms. The molecule has 0 unspecified atom stereocenters. The van der Waals surface area contributed by atoms with Crippen LogP contribution in [0.25, 0.3) is 0 Å². The summed E-state index contributed by atoms with van der Waals surface area (Å²) >= 11 is 0. The zero-order valence-corrected chi connectivity index (χ0v) is 11.0. The standard InChI is InChI=1S/C12H17N5O2/c1-3-18-12-16-10(13-2)15-11(17-12)14-7-6-9-5-4-8-19-9/h4-5,8H,3,6-7H2,1-2H3,(H2,13,14,15,16,17). The quantitative estimate of drug-likeness (QED) is 0.784. The average molecular weight is 263 g/mol. The van der Waals surface area contributed by atoms with Crippen molar-refractivity contribution >= 4 is 11.9 Å². The van der Waals surface area contributed by atoms with Crippen LogP contribution < -0.4 is 15.4 Å². The minimum absolute atomic E-state index is 0.308. The van der Waals surface area contributed by atoms with Crippen molar-refractivity contribution < 1.29 is 9.15 Å². The van der Waals surface area contributed by atoms with Gasteiger partial charge in [-0.05, 0) is 19.1 Å². The van der Waals surface area contributed by atoms with E-state index in [1.807, 2.05) is 19.1 Å². The summed E-state index contributed by atoms with van der Waals surface area (Å²) in [6.45, 7) is 3.07. The van der Waals surface area contributed by atoms with E-state index in [4.69, 9.17) is 9.15 Å². The van der Waals surface area contributed by atoms with Crippen molar-refractivity contribution in [3.8, 4) is 6.01 Å². The van der Waals surface area contributed by atoms with Crippen LogP contribution in [0.3, 0.4) is 0 Å². The van der Waals surface area contributed by atoms with Gasteiger partial charge in [0.2, 0.25) is 11.9 Å². The Morgan fingerprint density at radius 1 is 1.26 bits per heavy atom. The molecule has 2 aromatic heterocycles. The SMILES string of the molecule is CCOc1nc(NC)nc(NCCc2ccco2)n1. The van der Waals surface area contributed by atoms with Crippen LogP contribution >= 0.6 is 0 Å². The summed E-state index contributed by atoms with van der Waals surface area (Å²) in [6, 6.07) is 4.10. The van der Waals surface area contributed by atoms with Crippen molar-refractivity contribution in [1.82, 2.24) is 15.0 Å². The number of ether oxygens (including phenoxy) is 1. The first-order chi connectivity index (χ1) is 9.31. The van der Waals surface area contributed by atoms with Crippen LogP contribution in [-0.4, -0.2) is 35.2 Å². The Hall–Kier alpha value is -2.31. The molecule has 7 nitrogen and oxygen atoms in total. The van der Waals surface area contributed by atoms with Crippen molar-refractivity contribution in [2.45, 2.75) is 13.3 Å². The molecule has 102 valence electrons. The van der Waals surface area contributed by atoms with Gasteiger partial charge in [-0.2, -0.15) is 15.0 Å². The molecule has 0 spiro atoms. The summed E-state index contributed by atoms with van der Waals surface area (Å²) in [7, 11) is 1.75. The Morgan fingerprint density at radius 3 is 2.79 bits per heavy atom. The molecular formula is C12H17N5O2. The molecule has 7 heteroatoms. The van der Waals surface area contributed by atoms with E-state index in [-0.39, 0.29) is 0 Å². The number of anilines is 2. The molecule has 0 aromatic carbocycles. The molecule has 0 aliphatic rings.